The van der Waals surface area contributed by atoms with Gasteiger partial charge in [-0.25, -0.2) is 4.79 Å². The standard InChI is InChI=1S/C34H34N2O3/c1-22-20-24(35(2)3)16-18-26(22)31(27-19-17-25(38-5)21-29(27)34(37)39-6)32-28-14-10-11-15-30(28)36(4)33(32)23-12-8-7-9-13-23/h7-21,31H,1-6H3. The van der Waals surface area contributed by atoms with Gasteiger partial charge in [-0.1, -0.05) is 60.7 Å². The summed E-state index contributed by atoms with van der Waals surface area (Å²) in [7, 11) is 9.23. The SMILES string of the molecule is COC(=O)c1cc(OC)ccc1C(c1ccc(N(C)C)cc1C)c1c(-c2ccccc2)n(C)c2ccccc12. The van der Waals surface area contributed by atoms with Crippen LogP contribution in [-0.2, 0) is 11.8 Å². The van der Waals surface area contributed by atoms with Crippen LogP contribution in [0.15, 0.2) is 91.0 Å². The van der Waals surface area contributed by atoms with Crippen LogP contribution in [0.2, 0.25) is 0 Å². The topological polar surface area (TPSA) is 43.7 Å². The van der Waals surface area contributed by atoms with Gasteiger partial charge in [0.2, 0.25) is 0 Å². The number of methoxy groups -OCH3 is 2. The molecule has 0 bridgehead atoms. The van der Waals surface area contributed by atoms with Crippen LogP contribution < -0.4 is 9.64 Å². The molecule has 0 fully saturated rings. The Morgan fingerprint density at radius 1 is 0.846 bits per heavy atom. The Kier molecular flexibility index (Phi) is 7.16. The highest BCUT2D eigenvalue weighted by Gasteiger charge is 2.31. The molecular weight excluding hydrogens is 484 g/mol. The van der Waals surface area contributed by atoms with E-state index >= 15 is 0 Å². The molecule has 5 heteroatoms. The van der Waals surface area contributed by atoms with E-state index in [9.17, 15) is 4.79 Å². The molecule has 0 amide bonds. The Balaban J connectivity index is 1.92. The molecule has 1 heterocycles. The molecule has 0 saturated heterocycles. The average molecular weight is 519 g/mol. The first kappa shape index (κ1) is 26.1. The van der Waals surface area contributed by atoms with Crippen LogP contribution >= 0.6 is 0 Å². The van der Waals surface area contributed by atoms with Crippen molar-refractivity contribution >= 4 is 22.6 Å². The molecule has 39 heavy (non-hydrogen) atoms. The highest BCUT2D eigenvalue weighted by molar-refractivity contribution is 5.96. The Hall–Kier alpha value is -4.51. The predicted molar refractivity (Wildman–Crippen MR) is 159 cm³/mol. The molecule has 0 spiro atoms. The lowest BCUT2D eigenvalue weighted by atomic mass is 9.79. The van der Waals surface area contributed by atoms with Gasteiger partial charge in [0.05, 0.1) is 25.5 Å². The first-order valence-electron chi connectivity index (χ1n) is 13.0. The van der Waals surface area contributed by atoms with Crippen molar-refractivity contribution in [1.29, 1.82) is 0 Å². The third-order valence-corrected chi connectivity index (χ3v) is 7.54. The van der Waals surface area contributed by atoms with Gasteiger partial charge in [-0.3, -0.25) is 0 Å². The fraction of sp³-hybridized carbons (Fsp3) is 0.206. The fourth-order valence-corrected chi connectivity index (χ4v) is 5.60. The molecule has 4 aromatic carbocycles. The Morgan fingerprint density at radius 3 is 2.21 bits per heavy atom. The average Bonchev–Trinajstić information content (AvgIpc) is 3.26. The van der Waals surface area contributed by atoms with Gasteiger partial charge < -0.3 is 18.9 Å². The van der Waals surface area contributed by atoms with E-state index in [2.05, 4.69) is 90.2 Å². The van der Waals surface area contributed by atoms with Gasteiger partial charge in [-0.15, -0.1) is 0 Å². The van der Waals surface area contributed by atoms with Crippen LogP contribution in [0.4, 0.5) is 5.69 Å². The molecule has 0 aliphatic heterocycles. The lowest BCUT2D eigenvalue weighted by Crippen LogP contribution is -2.15. The summed E-state index contributed by atoms with van der Waals surface area (Å²) in [5.41, 5.74) is 9.27. The smallest absolute Gasteiger partial charge is 0.338 e. The Morgan fingerprint density at radius 2 is 1.54 bits per heavy atom. The molecule has 5 aromatic rings. The molecular formula is C34H34N2O3. The van der Waals surface area contributed by atoms with Crippen molar-refractivity contribution in [3.05, 3.63) is 119 Å². The van der Waals surface area contributed by atoms with E-state index in [0.717, 1.165) is 50.1 Å². The highest BCUT2D eigenvalue weighted by Crippen LogP contribution is 2.46. The maximum atomic E-state index is 13.2. The maximum absolute atomic E-state index is 13.2. The van der Waals surface area contributed by atoms with E-state index in [1.807, 2.05) is 32.3 Å². The van der Waals surface area contributed by atoms with Gasteiger partial charge in [-0.2, -0.15) is 0 Å². The van der Waals surface area contributed by atoms with E-state index in [-0.39, 0.29) is 5.92 Å². The molecule has 0 aliphatic rings. The highest BCUT2D eigenvalue weighted by atomic mass is 16.5. The van der Waals surface area contributed by atoms with E-state index in [1.165, 1.54) is 7.11 Å². The minimum Gasteiger partial charge on any atom is -0.497 e. The molecule has 0 aliphatic carbocycles. The van der Waals surface area contributed by atoms with Crippen LogP contribution in [-0.4, -0.2) is 38.9 Å². The minimum absolute atomic E-state index is 0.248. The predicted octanol–water partition coefficient (Wildman–Crippen LogP) is 7.20. The number of nitrogens with zero attached hydrogens (tertiary/aromatic N) is 2. The minimum atomic E-state index is -0.391. The number of hydrogen-bond acceptors (Lipinski definition) is 4. The monoisotopic (exact) mass is 518 g/mol. The molecule has 0 N–H and O–H groups in total. The number of hydrogen-bond donors (Lipinski definition) is 0. The second-order valence-corrected chi connectivity index (χ2v) is 10.0. The van der Waals surface area contributed by atoms with E-state index in [0.29, 0.717) is 11.3 Å². The zero-order chi connectivity index (χ0) is 27.7. The number of aromatic nitrogens is 1. The van der Waals surface area contributed by atoms with Crippen molar-refractivity contribution in [2.24, 2.45) is 7.05 Å². The summed E-state index contributed by atoms with van der Waals surface area (Å²) in [6, 6.07) is 31.2. The number of para-hydroxylation sites is 1. The molecule has 1 aromatic heterocycles. The lowest BCUT2D eigenvalue weighted by Gasteiger charge is -2.26. The number of anilines is 1. The third-order valence-electron chi connectivity index (χ3n) is 7.54. The number of fused-ring (bicyclic) bond motifs is 1. The summed E-state index contributed by atoms with van der Waals surface area (Å²) < 4.78 is 13.1. The molecule has 1 atom stereocenters. The van der Waals surface area contributed by atoms with Gasteiger partial charge in [0.15, 0.2) is 0 Å². The second kappa shape index (κ2) is 10.7. The summed E-state index contributed by atoms with van der Waals surface area (Å²) in [5.74, 6) is -0.0285. The fourth-order valence-electron chi connectivity index (χ4n) is 5.60. The van der Waals surface area contributed by atoms with Crippen molar-refractivity contribution in [3.8, 4) is 17.0 Å². The molecule has 1 unspecified atom stereocenters. The lowest BCUT2D eigenvalue weighted by molar-refractivity contribution is 0.0599. The van der Waals surface area contributed by atoms with Gasteiger partial charge in [-0.05, 0) is 65.1 Å². The van der Waals surface area contributed by atoms with Crippen molar-refractivity contribution in [1.82, 2.24) is 4.57 Å². The molecule has 0 saturated carbocycles. The summed E-state index contributed by atoms with van der Waals surface area (Å²) >= 11 is 0. The molecule has 198 valence electrons. The summed E-state index contributed by atoms with van der Waals surface area (Å²) in [4.78, 5) is 15.3. The van der Waals surface area contributed by atoms with Gasteiger partial charge in [0.1, 0.15) is 5.75 Å². The zero-order valence-electron chi connectivity index (χ0n) is 23.4. The Bertz CT molecular complexity index is 1650. The molecule has 5 nitrogen and oxygen atoms in total. The quantitative estimate of drug-likeness (QED) is 0.214. The van der Waals surface area contributed by atoms with Crippen LogP contribution in [0, 0.1) is 6.92 Å². The van der Waals surface area contributed by atoms with E-state index in [4.69, 9.17) is 9.47 Å². The van der Waals surface area contributed by atoms with Crippen molar-refractivity contribution in [2.75, 3.05) is 33.2 Å². The van der Waals surface area contributed by atoms with E-state index in [1.54, 1.807) is 13.2 Å². The third kappa shape index (κ3) is 4.65. The zero-order valence-corrected chi connectivity index (χ0v) is 23.4. The second-order valence-electron chi connectivity index (χ2n) is 10.0. The number of esters is 1. The van der Waals surface area contributed by atoms with Gasteiger partial charge in [0, 0.05) is 43.7 Å². The first-order valence-corrected chi connectivity index (χ1v) is 13.0. The molecule has 0 radical (unpaired) electrons. The van der Waals surface area contributed by atoms with E-state index < -0.39 is 5.97 Å². The summed E-state index contributed by atoms with van der Waals surface area (Å²) in [6.07, 6.45) is 0. The van der Waals surface area contributed by atoms with Gasteiger partial charge >= 0.3 is 5.97 Å². The van der Waals surface area contributed by atoms with Crippen LogP contribution in [0.5, 0.6) is 5.75 Å². The van der Waals surface area contributed by atoms with Crippen molar-refractivity contribution in [2.45, 2.75) is 12.8 Å². The number of ether oxygens (including phenoxy) is 2. The van der Waals surface area contributed by atoms with Crippen molar-refractivity contribution in [3.63, 3.8) is 0 Å². The van der Waals surface area contributed by atoms with Crippen LogP contribution in [0.25, 0.3) is 22.2 Å². The Labute approximate surface area is 230 Å². The van der Waals surface area contributed by atoms with Crippen molar-refractivity contribution < 1.29 is 14.3 Å². The largest absolute Gasteiger partial charge is 0.497 e. The number of carbonyl (C=O) groups is 1. The van der Waals surface area contributed by atoms with Crippen LogP contribution in [0.3, 0.4) is 0 Å². The number of rotatable bonds is 7. The number of carbonyl (C=O) groups excluding carboxylic acids is 1. The number of benzene rings is 4. The van der Waals surface area contributed by atoms with Gasteiger partial charge in [0.25, 0.3) is 0 Å². The summed E-state index contributed by atoms with van der Waals surface area (Å²) in [6.45, 7) is 2.14. The maximum Gasteiger partial charge on any atom is 0.338 e. The normalized spacial score (nSPS) is 11.8. The molecule has 5 rings (SSSR count). The number of aryl methyl sites for hydroxylation is 2. The first-order chi connectivity index (χ1) is 18.8. The van der Waals surface area contributed by atoms with Crippen LogP contribution in [0.1, 0.15) is 38.5 Å². The summed E-state index contributed by atoms with van der Waals surface area (Å²) in [5, 5.41) is 1.14.